The number of alkyl carbamates (subject to hydrolysis) is 1. The molecule has 0 saturated carbocycles. The molecule has 0 aliphatic carbocycles. The third-order valence-electron chi connectivity index (χ3n) is 14.2. The molecule has 3 aliphatic rings. The molecule has 17 nitrogen and oxygen atoms in total. The summed E-state index contributed by atoms with van der Waals surface area (Å²) < 4.78 is 50.9. The first kappa shape index (κ1) is 53.6. The highest BCUT2D eigenvalue weighted by molar-refractivity contribution is 5.83. The Morgan fingerprint density at radius 2 is 1.50 bits per heavy atom. The van der Waals surface area contributed by atoms with Crippen molar-refractivity contribution in [3.8, 4) is 5.75 Å². The van der Waals surface area contributed by atoms with E-state index in [2.05, 4.69) is 5.32 Å². The van der Waals surface area contributed by atoms with Crippen molar-refractivity contribution < 1.29 is 72.7 Å². The van der Waals surface area contributed by atoms with Crippen LogP contribution in [0.15, 0.2) is 24.3 Å². The fraction of sp³-hybridized carbons (Fsp3) is 0.809. The normalized spacial score (nSPS) is 42.3. The number of benzene rings is 1. The van der Waals surface area contributed by atoms with Crippen molar-refractivity contribution in [2.45, 2.75) is 192 Å². The van der Waals surface area contributed by atoms with Gasteiger partial charge in [-0.15, -0.1) is 0 Å². The SMILES string of the molecule is CC[C@H]1OC(=O)[C@H](C)[C@@H](O[C@H]2C[C@@](C)(OC)[C@@H](OC(=O)NC(C)c3ccc(O)cc3)[C@H](C)O2)[C@H](C)[C@@H](O[C@@H]2O[C@H](C)C[C@H](N(C)C)[C@H]2O)[C@](C)(OC)C[C@@H](C)C(=O)[C@H](C)[C@@H](O)[C@]1(C)O. The number of nitrogens with zero attached hydrogens (tertiary/aromatic N) is 1. The van der Waals surface area contributed by atoms with E-state index in [1.165, 1.54) is 33.3 Å². The number of phenols is 1. The van der Waals surface area contributed by atoms with Gasteiger partial charge in [-0.2, -0.15) is 0 Å². The number of likely N-dealkylation sites (N-methyl/N-ethyl adjacent to an activating group) is 1. The average molecular weight is 911 g/mol. The molecule has 0 spiro atoms. The van der Waals surface area contributed by atoms with E-state index in [-0.39, 0.29) is 42.9 Å². The molecule has 3 aliphatic heterocycles. The Morgan fingerprint density at radius 3 is 2.06 bits per heavy atom. The quantitative estimate of drug-likeness (QED) is 0.191. The number of hydrogen-bond donors (Lipinski definition) is 5. The number of ketones is 1. The van der Waals surface area contributed by atoms with Crippen LogP contribution in [0.3, 0.4) is 0 Å². The Bertz CT molecular complexity index is 1700. The summed E-state index contributed by atoms with van der Waals surface area (Å²) in [6.45, 7) is 18.7. The van der Waals surface area contributed by atoms with E-state index in [9.17, 15) is 34.8 Å². The number of rotatable bonds is 11. The second-order valence-corrected chi connectivity index (χ2v) is 19.5. The molecule has 19 atom stereocenters. The van der Waals surface area contributed by atoms with E-state index in [1.54, 1.807) is 67.5 Å². The molecule has 3 fully saturated rings. The largest absolute Gasteiger partial charge is 0.508 e. The van der Waals surface area contributed by atoms with Gasteiger partial charge in [0.25, 0.3) is 0 Å². The maximum absolute atomic E-state index is 14.5. The number of nitrogens with one attached hydrogen (secondary N) is 1. The van der Waals surface area contributed by atoms with Gasteiger partial charge in [-0.1, -0.05) is 39.8 Å². The summed E-state index contributed by atoms with van der Waals surface area (Å²) in [4.78, 5) is 43.9. The average Bonchev–Trinajstić information content (AvgIpc) is 3.24. The first-order valence-corrected chi connectivity index (χ1v) is 22.7. The van der Waals surface area contributed by atoms with E-state index in [0.717, 1.165) is 5.56 Å². The minimum atomic E-state index is -2.01. The van der Waals surface area contributed by atoms with Crippen LogP contribution < -0.4 is 5.32 Å². The van der Waals surface area contributed by atoms with E-state index in [1.807, 2.05) is 32.8 Å². The number of carbonyl (C=O) groups excluding carboxylic acids is 3. The second kappa shape index (κ2) is 21.8. The van der Waals surface area contributed by atoms with E-state index >= 15 is 0 Å². The van der Waals surface area contributed by atoms with Crippen LogP contribution in [0.1, 0.15) is 113 Å². The number of phenolic OH excluding ortho intramolecular Hbond substituents is 1. The number of aromatic hydroxyl groups is 1. The smallest absolute Gasteiger partial charge is 0.408 e. The summed E-state index contributed by atoms with van der Waals surface area (Å²) in [5, 5.41) is 47.6. The number of aliphatic hydroxyl groups excluding tert-OH is 2. The van der Waals surface area contributed by atoms with Crippen molar-refractivity contribution in [3.05, 3.63) is 29.8 Å². The minimum absolute atomic E-state index is 0.0335. The molecule has 3 saturated heterocycles. The molecule has 366 valence electrons. The molecule has 4 rings (SSSR count). The monoisotopic (exact) mass is 911 g/mol. The molecule has 3 heterocycles. The van der Waals surface area contributed by atoms with Gasteiger partial charge in [-0.25, -0.2) is 4.79 Å². The number of esters is 1. The van der Waals surface area contributed by atoms with Gasteiger partial charge in [0.2, 0.25) is 0 Å². The highest BCUT2D eigenvalue weighted by Gasteiger charge is 2.55. The first-order valence-electron chi connectivity index (χ1n) is 22.7. The van der Waals surface area contributed by atoms with Crippen molar-refractivity contribution in [2.75, 3.05) is 28.3 Å². The Balaban J connectivity index is 1.77. The van der Waals surface area contributed by atoms with Crippen molar-refractivity contribution in [1.29, 1.82) is 0 Å². The fourth-order valence-electron chi connectivity index (χ4n) is 9.97. The van der Waals surface area contributed by atoms with Crippen molar-refractivity contribution in [3.63, 3.8) is 0 Å². The molecular weight excluding hydrogens is 833 g/mol. The molecule has 0 bridgehead atoms. The van der Waals surface area contributed by atoms with Gasteiger partial charge in [0.05, 0.1) is 48.1 Å². The molecule has 1 unspecified atom stereocenters. The summed E-state index contributed by atoms with van der Waals surface area (Å²) in [6.07, 6.45) is -10.2. The summed E-state index contributed by atoms with van der Waals surface area (Å²) in [5.41, 5.74) is -3.74. The van der Waals surface area contributed by atoms with E-state index in [0.29, 0.717) is 6.42 Å². The van der Waals surface area contributed by atoms with E-state index < -0.39 is 114 Å². The van der Waals surface area contributed by atoms with Crippen LogP contribution in [-0.2, 0) is 47.5 Å². The number of aliphatic hydroxyl groups is 3. The highest BCUT2D eigenvalue weighted by Crippen LogP contribution is 2.42. The molecule has 64 heavy (non-hydrogen) atoms. The molecule has 1 aromatic rings. The summed E-state index contributed by atoms with van der Waals surface area (Å²) in [5.74, 6) is -4.67. The van der Waals surface area contributed by atoms with Gasteiger partial charge < -0.3 is 68.5 Å². The Morgan fingerprint density at radius 1 is 0.906 bits per heavy atom. The lowest BCUT2D eigenvalue weighted by atomic mass is 9.74. The molecule has 1 aromatic carbocycles. The summed E-state index contributed by atoms with van der Waals surface area (Å²) in [7, 11) is 6.72. The summed E-state index contributed by atoms with van der Waals surface area (Å²) in [6, 6.07) is 5.67. The third-order valence-corrected chi connectivity index (χ3v) is 14.2. The number of cyclic esters (lactones) is 1. The van der Waals surface area contributed by atoms with Gasteiger partial charge in [0, 0.05) is 44.4 Å². The van der Waals surface area contributed by atoms with Gasteiger partial charge in [-0.05, 0) is 99.5 Å². The van der Waals surface area contributed by atoms with Crippen molar-refractivity contribution in [2.24, 2.45) is 23.7 Å². The van der Waals surface area contributed by atoms with Crippen LogP contribution in [0.25, 0.3) is 0 Å². The lowest BCUT2D eigenvalue weighted by molar-refractivity contribution is -0.319. The van der Waals surface area contributed by atoms with Crippen molar-refractivity contribution in [1.82, 2.24) is 10.2 Å². The Labute approximate surface area is 379 Å². The molecular formula is C47H78N2O15. The van der Waals surface area contributed by atoms with Gasteiger partial charge in [0.15, 0.2) is 18.7 Å². The number of carbonyl (C=O) groups is 3. The second-order valence-electron chi connectivity index (χ2n) is 19.5. The number of amides is 1. The van der Waals surface area contributed by atoms with Crippen LogP contribution >= 0.6 is 0 Å². The van der Waals surface area contributed by atoms with Crippen LogP contribution in [0.5, 0.6) is 5.75 Å². The minimum Gasteiger partial charge on any atom is -0.508 e. The van der Waals surface area contributed by atoms with Gasteiger partial charge in [-0.3, -0.25) is 9.59 Å². The first-order chi connectivity index (χ1) is 29.7. The zero-order chi connectivity index (χ0) is 48.2. The molecule has 17 heteroatoms. The van der Waals surface area contributed by atoms with Crippen LogP contribution in [-0.4, -0.2) is 156 Å². The van der Waals surface area contributed by atoms with E-state index in [4.69, 9.17) is 37.9 Å². The number of methoxy groups -OCH3 is 2. The maximum Gasteiger partial charge on any atom is 0.408 e. The fourth-order valence-corrected chi connectivity index (χ4v) is 9.97. The van der Waals surface area contributed by atoms with Gasteiger partial charge >= 0.3 is 12.1 Å². The Kier molecular flexibility index (Phi) is 18.2. The predicted molar refractivity (Wildman–Crippen MR) is 235 cm³/mol. The number of hydrogen-bond acceptors (Lipinski definition) is 16. The maximum atomic E-state index is 14.5. The molecule has 0 aromatic heterocycles. The highest BCUT2D eigenvalue weighted by atomic mass is 16.7. The zero-order valence-corrected chi connectivity index (χ0v) is 40.6. The zero-order valence-electron chi connectivity index (χ0n) is 40.6. The Hall–Kier alpha value is -2.97. The van der Waals surface area contributed by atoms with Crippen molar-refractivity contribution >= 4 is 17.8 Å². The standard InChI is InChI=1S/C47H78N2O15/c1-16-34-47(11,56)39(53)26(4)36(51)24(2)22-45(9,57-14)40(63-43-37(52)33(49(12)13)21-25(3)59-43)27(5)38(28(6)42(54)61-34)62-35-23-46(10,58-15)41(30(8)60-35)64-44(55)48-29(7)31-17-19-32(50)20-18-31/h17-20,24-30,33-35,37-41,43,50,52-53,56H,16,21-23H2,1-15H3,(H,48,55)/t24-,25-,26+,27+,28-,29?,30+,33+,34-,35+,37-,38+,39-,40-,41+,43+,45-,46-,47-/m1/s1. The lowest BCUT2D eigenvalue weighted by Gasteiger charge is -2.50. The van der Waals surface area contributed by atoms with Crippen LogP contribution in [0, 0.1) is 23.7 Å². The number of ether oxygens (including phenoxy) is 8. The third kappa shape index (κ3) is 11.9. The molecule has 5 N–H and O–H groups in total. The predicted octanol–water partition coefficient (Wildman–Crippen LogP) is 4.64. The van der Waals surface area contributed by atoms with Gasteiger partial charge in [0.1, 0.15) is 34.9 Å². The van der Waals surface area contributed by atoms with Crippen LogP contribution in [0.4, 0.5) is 4.79 Å². The lowest BCUT2D eigenvalue weighted by Crippen LogP contribution is -2.62. The topological polar surface area (TPSA) is 221 Å². The number of Topliss-reactive ketones (excluding diaryl/α,β-unsaturated/α-hetero) is 1. The molecule has 0 radical (unpaired) electrons. The van der Waals surface area contributed by atoms with Crippen LogP contribution in [0.2, 0.25) is 0 Å². The summed E-state index contributed by atoms with van der Waals surface area (Å²) >= 11 is 0. The molecule has 1 amide bonds.